The minimum Gasteiger partial charge on any atom is -0.484 e. The van der Waals surface area contributed by atoms with Crippen molar-refractivity contribution in [2.75, 3.05) is 26.0 Å². The van der Waals surface area contributed by atoms with Gasteiger partial charge in [-0.3, -0.25) is 4.79 Å². The first-order valence-electron chi connectivity index (χ1n) is 8.54. The molecule has 0 spiro atoms. The summed E-state index contributed by atoms with van der Waals surface area (Å²) in [7, 11) is 3.40. The van der Waals surface area contributed by atoms with Crippen LogP contribution in [0.25, 0.3) is 5.69 Å². The van der Waals surface area contributed by atoms with Gasteiger partial charge in [-0.15, -0.1) is 0 Å². The predicted molar refractivity (Wildman–Crippen MR) is 102 cm³/mol. The van der Waals surface area contributed by atoms with Crippen LogP contribution < -0.4 is 10.1 Å². The van der Waals surface area contributed by atoms with Crippen LogP contribution >= 0.6 is 0 Å². The molecular formula is C19H22N6O2. The van der Waals surface area contributed by atoms with E-state index in [0.717, 1.165) is 11.3 Å². The summed E-state index contributed by atoms with van der Waals surface area (Å²) in [5.74, 6) is 1.10. The van der Waals surface area contributed by atoms with Crippen LogP contribution in [0.15, 0.2) is 48.5 Å². The molecular weight excluding hydrogens is 344 g/mol. The lowest BCUT2D eigenvalue weighted by atomic mass is 10.2. The van der Waals surface area contributed by atoms with E-state index in [9.17, 15) is 4.79 Å². The van der Waals surface area contributed by atoms with E-state index in [1.54, 1.807) is 18.8 Å². The van der Waals surface area contributed by atoms with Gasteiger partial charge in [0.2, 0.25) is 5.95 Å². The fourth-order valence-electron chi connectivity index (χ4n) is 2.36. The van der Waals surface area contributed by atoms with Gasteiger partial charge in [0.1, 0.15) is 5.75 Å². The zero-order valence-electron chi connectivity index (χ0n) is 15.6. The number of carbonyl (C=O) groups excluding carboxylic acids is 1. The van der Waals surface area contributed by atoms with E-state index < -0.39 is 0 Å². The van der Waals surface area contributed by atoms with Gasteiger partial charge in [-0.05, 0) is 47.2 Å². The number of anilines is 1. The lowest BCUT2D eigenvalue weighted by Crippen LogP contribution is -2.27. The minimum absolute atomic E-state index is 0.00948. The quantitative estimate of drug-likeness (QED) is 0.689. The number of nitrogens with one attached hydrogen (secondary N) is 1. The van der Waals surface area contributed by atoms with Crippen molar-refractivity contribution in [2.45, 2.75) is 13.5 Å². The number of amides is 1. The second-order valence-corrected chi connectivity index (χ2v) is 6.33. The van der Waals surface area contributed by atoms with Crippen molar-refractivity contribution >= 4 is 11.9 Å². The Labute approximate surface area is 157 Å². The van der Waals surface area contributed by atoms with Crippen LogP contribution in [-0.2, 0) is 11.3 Å². The van der Waals surface area contributed by atoms with Gasteiger partial charge in [0.05, 0.1) is 5.69 Å². The molecule has 0 radical (unpaired) electrons. The average molecular weight is 366 g/mol. The third-order valence-electron chi connectivity index (χ3n) is 3.96. The van der Waals surface area contributed by atoms with Crippen molar-refractivity contribution in [3.63, 3.8) is 0 Å². The van der Waals surface area contributed by atoms with Crippen molar-refractivity contribution in [2.24, 2.45) is 0 Å². The SMILES string of the molecule is Cc1ccc(-n2nnnc2NCc2cccc(OCC(=O)N(C)C)c2)cc1. The third-order valence-corrected chi connectivity index (χ3v) is 3.96. The maximum Gasteiger partial charge on any atom is 0.259 e. The Hall–Kier alpha value is -3.42. The first-order valence-corrected chi connectivity index (χ1v) is 8.54. The molecule has 1 N–H and O–H groups in total. The number of aryl methyl sites for hydroxylation is 1. The number of carbonyl (C=O) groups is 1. The Bertz CT molecular complexity index is 905. The Morgan fingerprint density at radius 3 is 2.70 bits per heavy atom. The summed E-state index contributed by atoms with van der Waals surface area (Å²) < 4.78 is 7.19. The molecule has 0 fully saturated rings. The molecule has 3 rings (SSSR count). The number of hydrogen-bond acceptors (Lipinski definition) is 6. The van der Waals surface area contributed by atoms with Crippen LogP contribution in [0, 0.1) is 6.92 Å². The van der Waals surface area contributed by atoms with Gasteiger partial charge in [-0.1, -0.05) is 34.9 Å². The molecule has 1 amide bonds. The first kappa shape index (κ1) is 18.4. The monoisotopic (exact) mass is 366 g/mol. The lowest BCUT2D eigenvalue weighted by molar-refractivity contribution is -0.130. The highest BCUT2D eigenvalue weighted by Gasteiger charge is 2.09. The predicted octanol–water partition coefficient (Wildman–Crippen LogP) is 2.05. The van der Waals surface area contributed by atoms with E-state index in [4.69, 9.17) is 4.74 Å². The molecule has 0 aliphatic heterocycles. The van der Waals surface area contributed by atoms with Crippen LogP contribution in [0.2, 0.25) is 0 Å². The molecule has 1 aromatic heterocycles. The molecule has 0 bridgehead atoms. The Morgan fingerprint density at radius 2 is 1.96 bits per heavy atom. The molecule has 8 nitrogen and oxygen atoms in total. The van der Waals surface area contributed by atoms with Gasteiger partial charge in [0, 0.05) is 20.6 Å². The molecule has 0 atom stereocenters. The van der Waals surface area contributed by atoms with Crippen LogP contribution in [0.3, 0.4) is 0 Å². The van der Waals surface area contributed by atoms with Crippen molar-refractivity contribution < 1.29 is 9.53 Å². The maximum atomic E-state index is 11.6. The summed E-state index contributed by atoms with van der Waals surface area (Å²) in [6.07, 6.45) is 0. The summed E-state index contributed by atoms with van der Waals surface area (Å²) in [5, 5.41) is 15.1. The number of ether oxygens (including phenoxy) is 1. The number of hydrogen-bond donors (Lipinski definition) is 1. The topological polar surface area (TPSA) is 85.2 Å². The van der Waals surface area contributed by atoms with Gasteiger partial charge >= 0.3 is 0 Å². The van der Waals surface area contributed by atoms with Crippen molar-refractivity contribution in [3.8, 4) is 11.4 Å². The zero-order chi connectivity index (χ0) is 19.2. The van der Waals surface area contributed by atoms with E-state index in [0.29, 0.717) is 18.2 Å². The molecule has 0 saturated heterocycles. The summed E-state index contributed by atoms with van der Waals surface area (Å²) in [6, 6.07) is 15.5. The highest BCUT2D eigenvalue weighted by atomic mass is 16.5. The van der Waals surface area contributed by atoms with Gasteiger partial charge < -0.3 is 15.0 Å². The molecule has 0 saturated carbocycles. The van der Waals surface area contributed by atoms with E-state index in [1.165, 1.54) is 10.5 Å². The Kier molecular flexibility index (Phi) is 5.65. The molecule has 8 heteroatoms. The van der Waals surface area contributed by atoms with Gasteiger partial charge in [0.25, 0.3) is 5.91 Å². The van der Waals surface area contributed by atoms with Crippen LogP contribution in [0.4, 0.5) is 5.95 Å². The van der Waals surface area contributed by atoms with Crippen LogP contribution in [0.1, 0.15) is 11.1 Å². The molecule has 0 aliphatic rings. The third kappa shape index (κ3) is 4.81. The van der Waals surface area contributed by atoms with E-state index in [-0.39, 0.29) is 12.5 Å². The molecule has 2 aromatic carbocycles. The summed E-state index contributed by atoms with van der Waals surface area (Å²) in [6.45, 7) is 2.56. The van der Waals surface area contributed by atoms with E-state index in [2.05, 4.69) is 20.8 Å². The normalized spacial score (nSPS) is 10.5. The van der Waals surface area contributed by atoms with Crippen molar-refractivity contribution in [1.82, 2.24) is 25.1 Å². The fraction of sp³-hybridized carbons (Fsp3) is 0.263. The number of rotatable bonds is 7. The Balaban J connectivity index is 1.64. The molecule has 27 heavy (non-hydrogen) atoms. The highest BCUT2D eigenvalue weighted by Crippen LogP contribution is 2.16. The highest BCUT2D eigenvalue weighted by molar-refractivity contribution is 5.77. The molecule has 3 aromatic rings. The molecule has 140 valence electrons. The zero-order valence-corrected chi connectivity index (χ0v) is 15.6. The second-order valence-electron chi connectivity index (χ2n) is 6.33. The molecule has 0 aliphatic carbocycles. The summed E-state index contributed by atoms with van der Waals surface area (Å²) in [5.41, 5.74) is 3.04. The summed E-state index contributed by atoms with van der Waals surface area (Å²) >= 11 is 0. The average Bonchev–Trinajstić information content (AvgIpc) is 3.14. The Morgan fingerprint density at radius 1 is 1.19 bits per heavy atom. The van der Waals surface area contributed by atoms with Crippen LogP contribution in [0.5, 0.6) is 5.75 Å². The second kappa shape index (κ2) is 8.31. The van der Waals surface area contributed by atoms with Gasteiger partial charge in [0.15, 0.2) is 6.61 Å². The number of likely N-dealkylation sites (N-methyl/N-ethyl adjacent to an activating group) is 1. The fourth-order valence-corrected chi connectivity index (χ4v) is 2.36. The minimum atomic E-state index is -0.0872. The van der Waals surface area contributed by atoms with Crippen molar-refractivity contribution in [3.05, 3.63) is 59.7 Å². The van der Waals surface area contributed by atoms with Crippen LogP contribution in [-0.4, -0.2) is 51.7 Å². The molecule has 0 unspecified atom stereocenters. The standard InChI is InChI=1S/C19H22N6O2/c1-14-7-9-16(10-8-14)25-19(21-22-23-25)20-12-15-5-4-6-17(11-15)27-13-18(26)24(2)3/h4-11H,12-13H2,1-3H3,(H,20,21,23). The van der Waals surface area contributed by atoms with Gasteiger partial charge in [-0.2, -0.15) is 4.68 Å². The number of nitrogens with zero attached hydrogens (tertiary/aromatic N) is 5. The van der Waals surface area contributed by atoms with E-state index in [1.807, 2.05) is 55.5 Å². The van der Waals surface area contributed by atoms with E-state index >= 15 is 0 Å². The smallest absolute Gasteiger partial charge is 0.259 e. The lowest BCUT2D eigenvalue weighted by Gasteiger charge is -2.12. The summed E-state index contributed by atoms with van der Waals surface area (Å²) in [4.78, 5) is 13.1. The number of benzene rings is 2. The van der Waals surface area contributed by atoms with Gasteiger partial charge in [-0.25, -0.2) is 0 Å². The van der Waals surface area contributed by atoms with Crippen molar-refractivity contribution in [1.29, 1.82) is 0 Å². The number of aromatic nitrogens is 4. The largest absolute Gasteiger partial charge is 0.484 e. The molecule has 1 heterocycles. The number of tetrazole rings is 1. The first-order chi connectivity index (χ1) is 13.0. The maximum absolute atomic E-state index is 11.6.